The summed E-state index contributed by atoms with van der Waals surface area (Å²) in [6, 6.07) is 6.40. The lowest BCUT2D eigenvalue weighted by Gasteiger charge is -1.91. The van der Waals surface area contributed by atoms with E-state index in [9.17, 15) is 4.79 Å². The highest BCUT2D eigenvalue weighted by molar-refractivity contribution is 5.85. The monoisotopic (exact) mass is 226 g/mol. The van der Waals surface area contributed by atoms with Crippen LogP contribution in [0.25, 0.3) is 0 Å². The van der Waals surface area contributed by atoms with Gasteiger partial charge in [-0.05, 0) is 12.1 Å². The minimum absolute atomic E-state index is 0. The molecule has 0 fully saturated rings. The molecule has 1 heterocycles. The third-order valence-corrected chi connectivity index (χ3v) is 1.47. The van der Waals surface area contributed by atoms with Gasteiger partial charge >= 0.3 is 0 Å². The highest BCUT2D eigenvalue weighted by Gasteiger charge is 1.93. The summed E-state index contributed by atoms with van der Waals surface area (Å²) < 4.78 is 0. The van der Waals surface area contributed by atoms with E-state index in [1.165, 1.54) is 6.07 Å². The Morgan fingerprint density at radius 2 is 2.07 bits per heavy atom. The fourth-order valence-electron chi connectivity index (χ4n) is 0.802. The van der Waals surface area contributed by atoms with Crippen molar-refractivity contribution in [3.63, 3.8) is 0 Å². The molecule has 0 aliphatic carbocycles. The van der Waals surface area contributed by atoms with E-state index in [-0.39, 0.29) is 18.2 Å². The molecule has 1 aromatic heterocycles. The fraction of sp³-hybridized carbons (Fsp3) is 0. The topological polar surface area (TPSA) is 66.0 Å². The van der Waals surface area contributed by atoms with Gasteiger partial charge in [-0.2, -0.15) is 0 Å². The van der Waals surface area contributed by atoms with Crippen molar-refractivity contribution < 1.29 is 9.90 Å². The first-order valence-corrected chi connectivity index (χ1v) is 4.00. The lowest BCUT2D eigenvalue weighted by atomic mass is 10.2. The van der Waals surface area contributed by atoms with E-state index >= 15 is 0 Å². The maximum Gasteiger partial charge on any atom is 0.153 e. The molecule has 0 aliphatic heterocycles. The number of imidazole rings is 1. The average Bonchev–Trinajstić information content (AvgIpc) is 2.76. The number of aldehydes is 1. The number of aromatic nitrogens is 2. The molecular weight excluding hydrogens is 216 g/mol. The minimum atomic E-state index is 0. The maximum atomic E-state index is 10.1. The van der Waals surface area contributed by atoms with Gasteiger partial charge in [0.2, 0.25) is 0 Å². The van der Waals surface area contributed by atoms with Crippen molar-refractivity contribution in [2.75, 3.05) is 0 Å². The number of rotatable bonds is 1. The molecule has 0 radical (unpaired) electrons. The first kappa shape index (κ1) is 13.2. The second-order valence-corrected chi connectivity index (χ2v) is 2.44. The number of aromatic amines is 1. The van der Waals surface area contributed by atoms with Crippen molar-refractivity contribution in [1.82, 2.24) is 9.97 Å². The Morgan fingerprint density at radius 1 is 1.33 bits per heavy atom. The van der Waals surface area contributed by atoms with Crippen LogP contribution in [0.5, 0.6) is 5.75 Å². The summed E-state index contributed by atoms with van der Waals surface area (Å²) in [5.41, 5.74) is 0.331. The maximum absolute atomic E-state index is 10.1. The van der Waals surface area contributed by atoms with E-state index in [0.29, 0.717) is 11.8 Å². The Balaban J connectivity index is 0.000000280. The standard InChI is InChI=1S/C7H6O2.C3H4N2.ClH/c8-5-6-3-1-2-4-7(6)9;1-2-5-3-4-1;/h1-5,9H;1-3H,(H,4,5);1H. The molecule has 0 saturated heterocycles. The summed E-state index contributed by atoms with van der Waals surface area (Å²) in [6.45, 7) is 0. The van der Waals surface area contributed by atoms with Crippen LogP contribution in [0.15, 0.2) is 43.0 Å². The molecule has 2 aromatic rings. The van der Waals surface area contributed by atoms with E-state index < -0.39 is 0 Å². The van der Waals surface area contributed by atoms with Crippen LogP contribution in [0, 0.1) is 0 Å². The zero-order chi connectivity index (χ0) is 10.2. The molecule has 1 aromatic carbocycles. The number of halogens is 1. The van der Waals surface area contributed by atoms with Crippen LogP contribution in [-0.4, -0.2) is 21.4 Å². The number of benzene rings is 1. The van der Waals surface area contributed by atoms with E-state index in [0.717, 1.165) is 0 Å². The lowest BCUT2D eigenvalue weighted by molar-refractivity contribution is 0.112. The summed E-state index contributed by atoms with van der Waals surface area (Å²) in [7, 11) is 0. The van der Waals surface area contributed by atoms with Crippen LogP contribution in [0.2, 0.25) is 0 Å². The van der Waals surface area contributed by atoms with Gasteiger partial charge in [0, 0.05) is 12.4 Å². The fourth-order valence-corrected chi connectivity index (χ4v) is 0.802. The highest BCUT2D eigenvalue weighted by Crippen LogP contribution is 2.11. The third kappa shape index (κ3) is 4.83. The highest BCUT2D eigenvalue weighted by atomic mass is 35.5. The number of hydrogen-bond donors (Lipinski definition) is 2. The van der Waals surface area contributed by atoms with Crippen molar-refractivity contribution in [3.8, 4) is 5.75 Å². The Hall–Kier alpha value is -1.81. The van der Waals surface area contributed by atoms with Crippen molar-refractivity contribution >= 4 is 18.7 Å². The molecule has 0 spiro atoms. The average molecular weight is 227 g/mol. The molecular formula is C10H11ClN2O2. The number of hydrogen-bond acceptors (Lipinski definition) is 3. The van der Waals surface area contributed by atoms with Crippen LogP contribution in [0.3, 0.4) is 0 Å². The minimum Gasteiger partial charge on any atom is -0.507 e. The van der Waals surface area contributed by atoms with Gasteiger partial charge in [0.25, 0.3) is 0 Å². The second kappa shape index (κ2) is 7.58. The molecule has 0 unspecified atom stereocenters. The zero-order valence-corrected chi connectivity index (χ0v) is 8.65. The van der Waals surface area contributed by atoms with Crippen molar-refractivity contribution in [3.05, 3.63) is 48.5 Å². The molecule has 2 rings (SSSR count). The Kier molecular flexibility index (Phi) is 6.67. The number of para-hydroxylation sites is 1. The van der Waals surface area contributed by atoms with E-state index in [2.05, 4.69) is 9.97 Å². The largest absolute Gasteiger partial charge is 0.507 e. The summed E-state index contributed by atoms with van der Waals surface area (Å²) in [5.74, 6) is 0.0347. The SMILES string of the molecule is Cl.O=Cc1ccccc1O.c1c[nH]cn1. The smallest absolute Gasteiger partial charge is 0.153 e. The van der Waals surface area contributed by atoms with Crippen LogP contribution in [0.1, 0.15) is 10.4 Å². The van der Waals surface area contributed by atoms with E-state index in [4.69, 9.17) is 5.11 Å². The second-order valence-electron chi connectivity index (χ2n) is 2.44. The van der Waals surface area contributed by atoms with Gasteiger partial charge in [-0.3, -0.25) is 4.79 Å². The number of carbonyl (C=O) groups excluding carboxylic acids is 1. The van der Waals surface area contributed by atoms with Crippen molar-refractivity contribution in [2.24, 2.45) is 0 Å². The molecule has 0 atom stereocenters. The van der Waals surface area contributed by atoms with Gasteiger partial charge in [0.15, 0.2) is 6.29 Å². The number of carbonyl (C=O) groups is 1. The Labute approximate surface area is 93.4 Å². The predicted octanol–water partition coefficient (Wildman–Crippen LogP) is 2.04. The number of phenolic OH excluding ortho intramolecular Hbond substituents is 1. The zero-order valence-electron chi connectivity index (χ0n) is 7.83. The molecule has 2 N–H and O–H groups in total. The first-order valence-electron chi connectivity index (χ1n) is 4.00. The normalized spacial score (nSPS) is 8.00. The molecule has 0 aliphatic rings. The quantitative estimate of drug-likeness (QED) is 0.732. The number of nitrogens with one attached hydrogen (secondary N) is 1. The summed E-state index contributed by atoms with van der Waals surface area (Å²) in [4.78, 5) is 16.5. The third-order valence-electron chi connectivity index (χ3n) is 1.47. The molecule has 0 saturated carbocycles. The van der Waals surface area contributed by atoms with Gasteiger partial charge in [-0.25, -0.2) is 4.98 Å². The Morgan fingerprint density at radius 3 is 2.40 bits per heavy atom. The molecule has 4 nitrogen and oxygen atoms in total. The van der Waals surface area contributed by atoms with Gasteiger partial charge in [-0.1, -0.05) is 12.1 Å². The van der Waals surface area contributed by atoms with Crippen LogP contribution in [-0.2, 0) is 0 Å². The number of H-pyrrole nitrogens is 1. The van der Waals surface area contributed by atoms with Crippen LogP contribution >= 0.6 is 12.4 Å². The summed E-state index contributed by atoms with van der Waals surface area (Å²) in [6.07, 6.45) is 5.70. The van der Waals surface area contributed by atoms with Crippen molar-refractivity contribution in [2.45, 2.75) is 0 Å². The molecule has 15 heavy (non-hydrogen) atoms. The molecule has 0 amide bonds. The number of aromatic hydroxyl groups is 1. The summed E-state index contributed by atoms with van der Waals surface area (Å²) >= 11 is 0. The van der Waals surface area contributed by atoms with Gasteiger partial charge < -0.3 is 10.1 Å². The lowest BCUT2D eigenvalue weighted by Crippen LogP contribution is -1.77. The molecule has 0 bridgehead atoms. The van der Waals surface area contributed by atoms with Crippen LogP contribution in [0.4, 0.5) is 0 Å². The molecule has 5 heteroatoms. The number of phenols is 1. The van der Waals surface area contributed by atoms with Gasteiger partial charge in [-0.15, -0.1) is 12.4 Å². The summed E-state index contributed by atoms with van der Waals surface area (Å²) in [5, 5.41) is 8.88. The van der Waals surface area contributed by atoms with E-state index in [1.54, 1.807) is 36.9 Å². The van der Waals surface area contributed by atoms with E-state index in [1.807, 2.05) is 0 Å². The molecule has 80 valence electrons. The number of nitrogens with zero attached hydrogens (tertiary/aromatic N) is 1. The van der Waals surface area contributed by atoms with Crippen molar-refractivity contribution in [1.29, 1.82) is 0 Å². The van der Waals surface area contributed by atoms with Crippen LogP contribution < -0.4 is 0 Å². The Bertz CT molecular complexity index is 359. The predicted molar refractivity (Wildman–Crippen MR) is 59.3 cm³/mol. The first-order chi connectivity index (χ1) is 6.84. The van der Waals surface area contributed by atoms with Gasteiger partial charge in [0.05, 0.1) is 11.9 Å². The van der Waals surface area contributed by atoms with Gasteiger partial charge in [0.1, 0.15) is 5.75 Å².